The van der Waals surface area contributed by atoms with Crippen LogP contribution in [0, 0.1) is 0 Å². The van der Waals surface area contributed by atoms with Crippen LogP contribution in [0.3, 0.4) is 0 Å². The van der Waals surface area contributed by atoms with Crippen molar-refractivity contribution in [2.45, 2.75) is 45.6 Å². The minimum absolute atomic E-state index is 0.0975. The van der Waals surface area contributed by atoms with Crippen LogP contribution < -0.4 is 15.6 Å². The van der Waals surface area contributed by atoms with Gasteiger partial charge >= 0.3 is 158 Å². The van der Waals surface area contributed by atoms with Gasteiger partial charge in [-0.2, -0.15) is 0 Å². The quantitative estimate of drug-likeness (QED) is 0.313. The van der Waals surface area contributed by atoms with E-state index in [0.717, 1.165) is 60.0 Å². The fourth-order valence-corrected chi connectivity index (χ4v) is 4.74. The summed E-state index contributed by atoms with van der Waals surface area (Å²) in [6.07, 6.45) is 8.47. The van der Waals surface area contributed by atoms with Gasteiger partial charge < -0.3 is 9.68 Å². The molecular weight excluding hydrogens is 593 g/mol. The Morgan fingerprint density at radius 1 is 1.36 bits per heavy atom. The maximum absolute atomic E-state index is 12.6. The van der Waals surface area contributed by atoms with Crippen LogP contribution in [0.5, 0.6) is 5.75 Å². The molecule has 0 aliphatic carbocycles. The number of aromatic carboxylic acids is 1. The van der Waals surface area contributed by atoms with Gasteiger partial charge in [-0.3, -0.25) is 0 Å². The number of benzene rings is 1. The van der Waals surface area contributed by atoms with Crippen molar-refractivity contribution >= 4 is 28.5 Å². The molecule has 2 heterocycles. The van der Waals surface area contributed by atoms with E-state index in [1.165, 1.54) is 6.20 Å². The van der Waals surface area contributed by atoms with Gasteiger partial charge in [0.25, 0.3) is 0 Å². The van der Waals surface area contributed by atoms with Crippen LogP contribution in [0.15, 0.2) is 35.3 Å². The molecule has 0 bridgehead atoms. The molecule has 2 aromatic rings. The standard InChI is InChI=1S/C24H28BNO6.W/c1-4-16-19(26(3)15-18(23(16)27)24(28)29)12-8-6-7-9-14-31-21-13-10-11-17-20(5-2)32-25(30)22(17)21;/h8,10-13,15,20,30H,5-7,9,14H2,1-3H3,(H,28,29);. The summed E-state index contributed by atoms with van der Waals surface area (Å²) >= 11 is 1.13. The number of unbranched alkanes of at least 4 members (excludes halogenated alkanes) is 2. The number of ether oxygens (including phenoxy) is 1. The van der Waals surface area contributed by atoms with Gasteiger partial charge in [0.2, 0.25) is 0 Å². The summed E-state index contributed by atoms with van der Waals surface area (Å²) < 4.78 is 14.1. The molecule has 1 aliphatic rings. The Morgan fingerprint density at radius 2 is 2.12 bits per heavy atom. The second kappa shape index (κ2) is 11.2. The molecule has 0 saturated carbocycles. The summed E-state index contributed by atoms with van der Waals surface area (Å²) in [5, 5.41) is 19.5. The first-order valence-electron chi connectivity index (χ1n) is 11.0. The fourth-order valence-electron chi connectivity index (χ4n) is 4.03. The molecule has 1 aromatic heterocycles. The summed E-state index contributed by atoms with van der Waals surface area (Å²) in [4.78, 5) is 24.0. The number of hydrogen-bond donors (Lipinski definition) is 2. The molecule has 7 nitrogen and oxygen atoms in total. The van der Waals surface area contributed by atoms with Crippen LogP contribution >= 0.6 is 0 Å². The smallest absolute Gasteiger partial charge is 0.0583 e. The van der Waals surface area contributed by atoms with Crippen molar-refractivity contribution in [1.82, 2.24) is 4.57 Å². The van der Waals surface area contributed by atoms with Crippen molar-refractivity contribution in [2.24, 2.45) is 7.05 Å². The van der Waals surface area contributed by atoms with Crippen molar-refractivity contribution in [2.75, 3.05) is 6.61 Å². The number of rotatable bonds is 10. The van der Waals surface area contributed by atoms with E-state index in [4.69, 9.17) is 9.39 Å². The monoisotopic (exact) mass is 621 g/mol. The molecule has 33 heavy (non-hydrogen) atoms. The third-order valence-corrected chi connectivity index (χ3v) is 6.40. The molecule has 2 N–H and O–H groups in total. The van der Waals surface area contributed by atoms with Crippen LogP contribution in [0.25, 0.3) is 6.08 Å². The number of carbonyl (C=O) groups is 1. The molecule has 0 radical (unpaired) electrons. The predicted octanol–water partition coefficient (Wildman–Crippen LogP) is 2.60. The SMILES string of the molecule is CCC1OB(O)c2c(OCCCCC=Cc3c([C](C)=[W])c(=O)c(C(=O)O)cn3C)cccc21. The van der Waals surface area contributed by atoms with Crippen LogP contribution in [0.2, 0.25) is 0 Å². The molecule has 0 spiro atoms. The third kappa shape index (κ3) is 5.63. The first-order valence-corrected chi connectivity index (χ1v) is 12.5. The Hall–Kier alpha value is -2.28. The van der Waals surface area contributed by atoms with Gasteiger partial charge in [0, 0.05) is 0 Å². The van der Waals surface area contributed by atoms with Gasteiger partial charge in [0.1, 0.15) is 0 Å². The van der Waals surface area contributed by atoms with Crippen LogP contribution in [-0.4, -0.2) is 38.3 Å². The molecule has 0 amide bonds. The Bertz CT molecular complexity index is 1140. The molecular formula is C24H28BNO6W. The van der Waals surface area contributed by atoms with Gasteiger partial charge in [-0.25, -0.2) is 0 Å². The summed E-state index contributed by atoms with van der Waals surface area (Å²) in [5.41, 5.74) is 2.26. The number of nitrogens with zero attached hydrogens (tertiary/aromatic N) is 1. The number of aryl methyl sites for hydroxylation is 1. The van der Waals surface area contributed by atoms with Crippen LogP contribution in [0.4, 0.5) is 0 Å². The van der Waals surface area contributed by atoms with Crippen LogP contribution in [-0.2, 0) is 31.1 Å². The number of aromatic nitrogens is 1. The van der Waals surface area contributed by atoms with Gasteiger partial charge in [0.05, 0.1) is 6.10 Å². The molecule has 0 saturated heterocycles. The molecule has 0 fully saturated rings. The average Bonchev–Trinajstić information content (AvgIpc) is 3.11. The molecule has 1 atom stereocenters. The van der Waals surface area contributed by atoms with E-state index < -0.39 is 18.5 Å². The van der Waals surface area contributed by atoms with Gasteiger partial charge in [0.15, 0.2) is 0 Å². The number of carboxylic acid groups (broad SMARTS) is 1. The topological polar surface area (TPSA) is 98.0 Å². The van der Waals surface area contributed by atoms with Crippen LogP contribution in [0.1, 0.15) is 72.8 Å². The Labute approximate surface area is 204 Å². The summed E-state index contributed by atoms with van der Waals surface area (Å²) in [7, 11) is 0.805. The minimum Gasteiger partial charge on any atom is -0.0583 e. The summed E-state index contributed by atoms with van der Waals surface area (Å²) in [5.74, 6) is -0.543. The molecule has 1 unspecified atom stereocenters. The van der Waals surface area contributed by atoms with E-state index >= 15 is 0 Å². The predicted molar refractivity (Wildman–Crippen MR) is 125 cm³/mol. The van der Waals surface area contributed by atoms with Gasteiger partial charge in [-0.15, -0.1) is 0 Å². The zero-order valence-electron chi connectivity index (χ0n) is 19.0. The Kier molecular flexibility index (Phi) is 8.63. The normalized spacial score (nSPS) is 15.2. The van der Waals surface area contributed by atoms with E-state index in [0.29, 0.717) is 23.6 Å². The van der Waals surface area contributed by atoms with Crippen molar-refractivity contribution in [3.63, 3.8) is 0 Å². The van der Waals surface area contributed by atoms with Gasteiger partial charge in [-0.1, -0.05) is 19.1 Å². The molecule has 174 valence electrons. The van der Waals surface area contributed by atoms with Crippen molar-refractivity contribution in [3.05, 3.63) is 63.1 Å². The van der Waals surface area contributed by atoms with E-state index in [1.54, 1.807) is 11.6 Å². The molecule has 1 aromatic carbocycles. The Morgan fingerprint density at radius 3 is 2.79 bits per heavy atom. The van der Waals surface area contributed by atoms with Gasteiger partial charge in [-0.05, 0) is 12.0 Å². The first kappa shape index (κ1) is 25.3. The molecule has 9 heteroatoms. The zero-order valence-corrected chi connectivity index (χ0v) is 22.0. The molecule has 1 aliphatic heterocycles. The Balaban J connectivity index is 1.58. The van der Waals surface area contributed by atoms with Crippen molar-refractivity contribution in [3.8, 4) is 5.75 Å². The second-order valence-electron chi connectivity index (χ2n) is 8.00. The number of carboxylic acids is 1. The average molecular weight is 621 g/mol. The first-order chi connectivity index (χ1) is 15.8. The fraction of sp³-hybridized carbons (Fsp3) is 0.375. The van der Waals surface area contributed by atoms with E-state index in [9.17, 15) is 19.7 Å². The van der Waals surface area contributed by atoms with E-state index in [2.05, 4.69) is 0 Å². The zero-order chi connectivity index (χ0) is 24.1. The van der Waals surface area contributed by atoms with Crippen molar-refractivity contribution in [1.29, 1.82) is 0 Å². The van der Waals surface area contributed by atoms with Crippen molar-refractivity contribution < 1.29 is 43.7 Å². The number of allylic oxidation sites excluding steroid dienone is 1. The maximum atomic E-state index is 12.6. The third-order valence-electron chi connectivity index (χ3n) is 5.67. The number of pyridine rings is 1. The molecule has 3 rings (SSSR count). The number of hydrogen-bond acceptors (Lipinski definition) is 5. The summed E-state index contributed by atoms with van der Waals surface area (Å²) in [6, 6.07) is 5.75. The minimum atomic E-state index is -1.21. The van der Waals surface area contributed by atoms with E-state index in [-0.39, 0.29) is 11.7 Å². The number of fused-ring (bicyclic) bond motifs is 1. The summed E-state index contributed by atoms with van der Waals surface area (Å²) in [6.45, 7) is 4.39. The van der Waals surface area contributed by atoms with E-state index in [1.807, 2.05) is 44.2 Å². The second-order valence-corrected chi connectivity index (χ2v) is 10.2.